The van der Waals surface area contributed by atoms with E-state index < -0.39 is 5.97 Å². The van der Waals surface area contributed by atoms with Gasteiger partial charge in [0.1, 0.15) is 0 Å². The molecule has 0 aromatic carbocycles. The Morgan fingerprint density at radius 2 is 1.85 bits per heavy atom. The first-order chi connectivity index (χ1) is 9.50. The van der Waals surface area contributed by atoms with Crippen LogP contribution < -0.4 is 5.32 Å². The van der Waals surface area contributed by atoms with Crippen molar-refractivity contribution in [2.75, 3.05) is 33.2 Å². The molecule has 1 aliphatic heterocycles. The highest BCUT2D eigenvalue weighted by atomic mass is 16.4. The number of likely N-dealkylation sites (tertiary alicyclic amines) is 1. The minimum absolute atomic E-state index is 0.0467. The summed E-state index contributed by atoms with van der Waals surface area (Å²) in [5, 5.41) is 11.2. The van der Waals surface area contributed by atoms with Crippen molar-refractivity contribution in [3.8, 4) is 0 Å². The third-order valence-electron chi connectivity index (χ3n) is 3.30. The highest BCUT2D eigenvalue weighted by Gasteiger charge is 2.17. The number of urea groups is 1. The molecule has 7 heteroatoms. The summed E-state index contributed by atoms with van der Waals surface area (Å²) in [6, 6.07) is -0.274. The van der Waals surface area contributed by atoms with Crippen molar-refractivity contribution in [1.29, 1.82) is 0 Å². The van der Waals surface area contributed by atoms with Crippen LogP contribution in [0, 0.1) is 0 Å². The van der Waals surface area contributed by atoms with E-state index in [1.165, 1.54) is 4.90 Å². The van der Waals surface area contributed by atoms with Crippen molar-refractivity contribution in [2.24, 2.45) is 0 Å². The van der Waals surface area contributed by atoms with Gasteiger partial charge < -0.3 is 20.2 Å². The summed E-state index contributed by atoms with van der Waals surface area (Å²) in [5.41, 5.74) is 0. The van der Waals surface area contributed by atoms with E-state index in [1.54, 1.807) is 7.05 Å². The predicted molar refractivity (Wildman–Crippen MR) is 73.3 cm³/mol. The van der Waals surface area contributed by atoms with Gasteiger partial charge in [0.15, 0.2) is 0 Å². The minimum Gasteiger partial charge on any atom is -0.481 e. The molecule has 0 aromatic heterocycles. The highest BCUT2D eigenvalue weighted by molar-refractivity contribution is 5.78. The fourth-order valence-corrected chi connectivity index (χ4v) is 2.10. The Kier molecular flexibility index (Phi) is 6.83. The second-order valence-electron chi connectivity index (χ2n) is 4.99. The largest absolute Gasteiger partial charge is 0.481 e. The molecule has 20 heavy (non-hydrogen) atoms. The van der Waals surface area contributed by atoms with Crippen molar-refractivity contribution < 1.29 is 19.5 Å². The lowest BCUT2D eigenvalue weighted by molar-refractivity contribution is -0.137. The monoisotopic (exact) mass is 285 g/mol. The molecule has 0 bridgehead atoms. The van der Waals surface area contributed by atoms with Crippen molar-refractivity contribution in [3.63, 3.8) is 0 Å². The number of nitrogens with zero attached hydrogens (tertiary/aromatic N) is 2. The molecule has 1 aliphatic rings. The molecule has 7 nitrogen and oxygen atoms in total. The summed E-state index contributed by atoms with van der Waals surface area (Å²) in [4.78, 5) is 37.0. The maximum Gasteiger partial charge on any atom is 0.317 e. The van der Waals surface area contributed by atoms with Crippen molar-refractivity contribution in [3.05, 3.63) is 0 Å². The highest BCUT2D eigenvalue weighted by Crippen LogP contribution is 2.08. The minimum atomic E-state index is -0.866. The van der Waals surface area contributed by atoms with Gasteiger partial charge in [0, 0.05) is 46.1 Å². The fourth-order valence-electron chi connectivity index (χ4n) is 2.10. The lowest BCUT2D eigenvalue weighted by atomic mass is 10.3. The van der Waals surface area contributed by atoms with E-state index >= 15 is 0 Å². The summed E-state index contributed by atoms with van der Waals surface area (Å²) in [5.74, 6) is -0.786. The van der Waals surface area contributed by atoms with Crippen molar-refractivity contribution in [1.82, 2.24) is 15.1 Å². The quantitative estimate of drug-likeness (QED) is 0.713. The van der Waals surface area contributed by atoms with Crippen LogP contribution in [0.3, 0.4) is 0 Å². The van der Waals surface area contributed by atoms with Crippen LogP contribution in [-0.4, -0.2) is 66.0 Å². The van der Waals surface area contributed by atoms with Gasteiger partial charge >= 0.3 is 12.0 Å². The van der Waals surface area contributed by atoms with E-state index in [0.29, 0.717) is 25.9 Å². The topological polar surface area (TPSA) is 90.0 Å². The standard InChI is InChI=1S/C13H23N3O4/c1-15(8-4-5-12(18)19)13(20)14-7-6-11(17)16-9-2-3-10-16/h2-10H2,1H3,(H,14,20)(H,18,19). The number of rotatable bonds is 7. The number of hydrogen-bond acceptors (Lipinski definition) is 3. The number of aliphatic carboxylic acids is 1. The van der Waals surface area contributed by atoms with Gasteiger partial charge in [0.2, 0.25) is 5.91 Å². The zero-order valence-electron chi connectivity index (χ0n) is 11.9. The van der Waals surface area contributed by atoms with Gasteiger partial charge in [-0.1, -0.05) is 0 Å². The summed E-state index contributed by atoms with van der Waals surface area (Å²) in [7, 11) is 1.61. The predicted octanol–water partition coefficient (Wildman–Crippen LogP) is 0.505. The summed E-state index contributed by atoms with van der Waals surface area (Å²) >= 11 is 0. The van der Waals surface area contributed by atoms with Crippen LogP contribution in [0.15, 0.2) is 0 Å². The molecule has 1 saturated heterocycles. The summed E-state index contributed by atoms with van der Waals surface area (Å²) in [6.07, 6.45) is 2.90. The number of carbonyl (C=O) groups is 3. The van der Waals surface area contributed by atoms with Crippen molar-refractivity contribution in [2.45, 2.75) is 32.1 Å². The molecule has 0 aromatic rings. The average molecular weight is 285 g/mol. The Morgan fingerprint density at radius 3 is 2.45 bits per heavy atom. The Bertz CT molecular complexity index is 354. The van der Waals surface area contributed by atoms with Crippen molar-refractivity contribution >= 4 is 17.9 Å². The van der Waals surface area contributed by atoms with Gasteiger partial charge in [0.25, 0.3) is 0 Å². The Morgan fingerprint density at radius 1 is 1.20 bits per heavy atom. The second-order valence-corrected chi connectivity index (χ2v) is 4.99. The molecule has 1 rings (SSSR count). The van der Waals surface area contributed by atoms with Gasteiger partial charge in [-0.05, 0) is 19.3 Å². The van der Waals surface area contributed by atoms with Crippen LogP contribution in [-0.2, 0) is 9.59 Å². The molecule has 0 spiro atoms. The average Bonchev–Trinajstić information content (AvgIpc) is 2.91. The first-order valence-electron chi connectivity index (χ1n) is 6.99. The van der Waals surface area contributed by atoms with Crippen LogP contribution in [0.1, 0.15) is 32.1 Å². The molecular formula is C13H23N3O4. The molecule has 2 N–H and O–H groups in total. The molecule has 114 valence electrons. The Labute approximate surface area is 118 Å². The third-order valence-corrected chi connectivity index (χ3v) is 3.30. The van der Waals surface area contributed by atoms with Crippen LogP contribution in [0.25, 0.3) is 0 Å². The van der Waals surface area contributed by atoms with Gasteiger partial charge in [-0.3, -0.25) is 9.59 Å². The maximum atomic E-state index is 11.7. The van der Waals surface area contributed by atoms with E-state index in [-0.39, 0.29) is 18.4 Å². The fraction of sp³-hybridized carbons (Fsp3) is 0.769. The number of hydrogen-bond donors (Lipinski definition) is 2. The third kappa shape index (κ3) is 5.90. The molecule has 0 unspecified atom stereocenters. The number of carbonyl (C=O) groups excluding carboxylic acids is 2. The molecule has 0 aliphatic carbocycles. The van der Waals surface area contributed by atoms with E-state index in [2.05, 4.69) is 5.32 Å². The number of nitrogens with one attached hydrogen (secondary N) is 1. The normalized spacial score (nSPS) is 14.2. The van der Waals surface area contributed by atoms with Crippen LogP contribution >= 0.6 is 0 Å². The first kappa shape index (κ1) is 16.3. The number of carboxylic acids is 1. The van der Waals surface area contributed by atoms with Gasteiger partial charge in [-0.25, -0.2) is 4.79 Å². The van der Waals surface area contributed by atoms with Crippen LogP contribution in [0.4, 0.5) is 4.79 Å². The van der Waals surface area contributed by atoms with Gasteiger partial charge in [-0.15, -0.1) is 0 Å². The van der Waals surface area contributed by atoms with Gasteiger partial charge in [-0.2, -0.15) is 0 Å². The molecule has 1 heterocycles. The van der Waals surface area contributed by atoms with E-state index in [9.17, 15) is 14.4 Å². The number of amides is 3. The summed E-state index contributed by atoms with van der Waals surface area (Å²) < 4.78 is 0. The number of carboxylic acid groups (broad SMARTS) is 1. The second kappa shape index (κ2) is 8.39. The van der Waals surface area contributed by atoms with Crippen LogP contribution in [0.2, 0.25) is 0 Å². The lowest BCUT2D eigenvalue weighted by Gasteiger charge is -2.18. The molecule has 0 saturated carbocycles. The summed E-state index contributed by atoms with van der Waals surface area (Å²) in [6.45, 7) is 2.35. The Hall–Kier alpha value is -1.79. The van der Waals surface area contributed by atoms with Crippen LogP contribution in [0.5, 0.6) is 0 Å². The van der Waals surface area contributed by atoms with E-state index in [0.717, 1.165) is 25.9 Å². The van der Waals surface area contributed by atoms with E-state index in [1.807, 2.05) is 4.90 Å². The zero-order valence-corrected chi connectivity index (χ0v) is 11.9. The molecule has 3 amide bonds. The molecule has 0 atom stereocenters. The molecule has 0 radical (unpaired) electrons. The molecule has 1 fully saturated rings. The zero-order chi connectivity index (χ0) is 15.0. The first-order valence-corrected chi connectivity index (χ1v) is 6.99. The molecular weight excluding hydrogens is 262 g/mol. The smallest absolute Gasteiger partial charge is 0.317 e. The van der Waals surface area contributed by atoms with Gasteiger partial charge in [0.05, 0.1) is 0 Å². The maximum absolute atomic E-state index is 11.7. The Balaban J connectivity index is 2.12. The van der Waals surface area contributed by atoms with E-state index in [4.69, 9.17) is 5.11 Å². The SMILES string of the molecule is CN(CCCC(=O)O)C(=O)NCCC(=O)N1CCCC1. The lowest BCUT2D eigenvalue weighted by Crippen LogP contribution is -2.40.